The third-order valence-corrected chi connectivity index (χ3v) is 6.03. The quantitative estimate of drug-likeness (QED) is 0.544. The summed E-state index contributed by atoms with van der Waals surface area (Å²) >= 11 is 2.61. The summed E-state index contributed by atoms with van der Waals surface area (Å²) in [5.41, 5.74) is 0.729. The van der Waals surface area contributed by atoms with Gasteiger partial charge in [-0.15, -0.1) is 0 Å². The van der Waals surface area contributed by atoms with Gasteiger partial charge in [0.1, 0.15) is 0 Å². The zero-order chi connectivity index (χ0) is 9.95. The average Bonchev–Trinajstić information content (AvgIpc) is 2.03. The van der Waals surface area contributed by atoms with E-state index in [-0.39, 0.29) is 10.0 Å². The van der Waals surface area contributed by atoms with Crippen molar-refractivity contribution < 1.29 is 0 Å². The van der Waals surface area contributed by atoms with Crippen molar-refractivity contribution in [2.75, 3.05) is 28.9 Å². The van der Waals surface area contributed by atoms with Crippen molar-refractivity contribution in [3.05, 3.63) is 0 Å². The first-order valence-corrected chi connectivity index (χ1v) is 9.75. The van der Waals surface area contributed by atoms with Crippen LogP contribution in [0.5, 0.6) is 0 Å². The van der Waals surface area contributed by atoms with E-state index in [0.29, 0.717) is 0 Å². The van der Waals surface area contributed by atoms with Gasteiger partial charge in [-0.05, 0) is 42.8 Å². The van der Waals surface area contributed by atoms with Crippen LogP contribution in [0.1, 0.15) is 32.1 Å². The van der Waals surface area contributed by atoms with Crippen molar-refractivity contribution in [3.8, 4) is 0 Å². The molecule has 80 valence electrons. The van der Waals surface area contributed by atoms with E-state index < -0.39 is 0 Å². The van der Waals surface area contributed by atoms with Crippen LogP contribution in [-0.4, -0.2) is 28.9 Å². The molecule has 1 saturated carbocycles. The fourth-order valence-electron chi connectivity index (χ4n) is 2.54. The van der Waals surface area contributed by atoms with Gasteiger partial charge in [-0.3, -0.25) is 0 Å². The van der Waals surface area contributed by atoms with Gasteiger partial charge in [-0.25, -0.2) is 10.0 Å². The second-order valence-corrected chi connectivity index (χ2v) is 10.7. The second-order valence-electron chi connectivity index (χ2n) is 5.43. The van der Waals surface area contributed by atoms with Crippen molar-refractivity contribution in [1.82, 2.24) is 0 Å². The van der Waals surface area contributed by atoms with E-state index in [2.05, 4.69) is 41.4 Å². The zero-order valence-electron chi connectivity index (χ0n) is 9.24. The zero-order valence-corrected chi connectivity index (χ0v) is 12.2. The minimum atomic E-state index is -0.299. The molecule has 0 radical (unpaired) electrons. The van der Waals surface area contributed by atoms with Crippen LogP contribution >= 0.6 is 32.6 Å². The van der Waals surface area contributed by atoms with E-state index >= 15 is 0 Å². The smallest absolute Gasteiger partial charge is 0.00593 e. The molecule has 2 heteroatoms. The van der Waals surface area contributed by atoms with Crippen molar-refractivity contribution in [3.63, 3.8) is 0 Å². The van der Waals surface area contributed by atoms with E-state index in [1.165, 1.54) is 42.3 Å². The van der Waals surface area contributed by atoms with Crippen molar-refractivity contribution in [1.29, 1.82) is 0 Å². The molecule has 0 aromatic rings. The number of rotatable bonds is 3. The van der Waals surface area contributed by atoms with Crippen LogP contribution in [0.3, 0.4) is 0 Å². The summed E-state index contributed by atoms with van der Waals surface area (Å²) in [6.45, 7) is 0. The molecule has 0 nitrogen and oxygen atoms in total. The molecule has 1 fully saturated rings. The first kappa shape index (κ1) is 12.2. The number of alkyl halides is 1. The first-order chi connectivity index (χ1) is 5.97. The van der Waals surface area contributed by atoms with Crippen molar-refractivity contribution >= 4 is 32.6 Å². The van der Waals surface area contributed by atoms with Crippen LogP contribution in [0.25, 0.3) is 0 Å². The van der Waals surface area contributed by atoms with Gasteiger partial charge in [-0.2, -0.15) is 0 Å². The molecular formula is C11H23IS. The normalized spacial score (nSPS) is 24.3. The Labute approximate surface area is 98.7 Å². The molecule has 1 rings (SSSR count). The molecule has 0 amide bonds. The summed E-state index contributed by atoms with van der Waals surface area (Å²) in [5, 5.41) is 0. The summed E-state index contributed by atoms with van der Waals surface area (Å²) in [6.07, 6.45) is 14.9. The molecule has 0 spiro atoms. The second kappa shape index (κ2) is 4.73. The highest BCUT2D eigenvalue weighted by Gasteiger charge is 2.33. The van der Waals surface area contributed by atoms with E-state index in [1.807, 2.05) is 0 Å². The van der Waals surface area contributed by atoms with Crippen LogP contribution in [0.15, 0.2) is 0 Å². The van der Waals surface area contributed by atoms with E-state index in [0.717, 1.165) is 5.41 Å². The van der Waals surface area contributed by atoms with Crippen LogP contribution < -0.4 is 0 Å². The molecule has 0 heterocycles. The molecule has 0 bridgehead atoms. The molecule has 0 atom stereocenters. The first-order valence-electron chi connectivity index (χ1n) is 5.19. The SMILES string of the molecule is CS(C)(C)CC1(CI)CCCCC1. The van der Waals surface area contributed by atoms with Crippen LogP contribution in [0.2, 0.25) is 0 Å². The predicted molar refractivity (Wildman–Crippen MR) is 74.6 cm³/mol. The lowest BCUT2D eigenvalue weighted by molar-refractivity contribution is 0.261. The van der Waals surface area contributed by atoms with E-state index in [9.17, 15) is 0 Å². The maximum atomic E-state index is 2.61. The highest BCUT2D eigenvalue weighted by Crippen LogP contribution is 2.49. The molecule has 13 heavy (non-hydrogen) atoms. The Balaban J connectivity index is 2.57. The largest absolute Gasteiger partial charge is 0.249 e. The van der Waals surface area contributed by atoms with E-state index in [4.69, 9.17) is 0 Å². The van der Waals surface area contributed by atoms with Gasteiger partial charge >= 0.3 is 0 Å². The van der Waals surface area contributed by atoms with Crippen molar-refractivity contribution in [2.45, 2.75) is 32.1 Å². The van der Waals surface area contributed by atoms with Crippen molar-refractivity contribution in [2.24, 2.45) is 5.41 Å². The highest BCUT2D eigenvalue weighted by molar-refractivity contribution is 14.1. The molecule has 0 aliphatic heterocycles. The number of hydrogen-bond donors (Lipinski definition) is 0. The molecule has 0 N–H and O–H groups in total. The third-order valence-electron chi connectivity index (χ3n) is 2.94. The van der Waals surface area contributed by atoms with Gasteiger partial charge < -0.3 is 0 Å². The lowest BCUT2D eigenvalue weighted by atomic mass is 9.77. The fraction of sp³-hybridized carbons (Fsp3) is 1.00. The maximum Gasteiger partial charge on any atom is 0.00593 e. The lowest BCUT2D eigenvalue weighted by Gasteiger charge is -2.42. The number of hydrogen-bond acceptors (Lipinski definition) is 0. The molecule has 0 aromatic heterocycles. The minimum Gasteiger partial charge on any atom is -0.249 e. The summed E-state index contributed by atoms with van der Waals surface area (Å²) in [7, 11) is -0.299. The topological polar surface area (TPSA) is 0 Å². The van der Waals surface area contributed by atoms with Crippen LogP contribution in [-0.2, 0) is 0 Å². The Kier molecular flexibility index (Phi) is 4.42. The highest BCUT2D eigenvalue weighted by atomic mass is 127. The van der Waals surface area contributed by atoms with E-state index in [1.54, 1.807) is 0 Å². The average molecular weight is 314 g/mol. The lowest BCUT2D eigenvalue weighted by Crippen LogP contribution is -2.31. The summed E-state index contributed by atoms with van der Waals surface area (Å²) in [4.78, 5) is 0. The maximum absolute atomic E-state index is 2.61. The van der Waals surface area contributed by atoms with Crippen LogP contribution in [0.4, 0.5) is 0 Å². The minimum absolute atomic E-state index is 0.299. The Morgan fingerprint density at radius 2 is 1.62 bits per heavy atom. The monoisotopic (exact) mass is 314 g/mol. The summed E-state index contributed by atoms with van der Waals surface area (Å²) in [6, 6.07) is 0. The van der Waals surface area contributed by atoms with Gasteiger partial charge in [0.25, 0.3) is 0 Å². The van der Waals surface area contributed by atoms with Gasteiger partial charge in [0.2, 0.25) is 0 Å². The predicted octanol–water partition coefficient (Wildman–Crippen LogP) is 4.07. The molecule has 1 aliphatic rings. The van der Waals surface area contributed by atoms with Gasteiger partial charge in [0.05, 0.1) is 0 Å². The Hall–Kier alpha value is 1.08. The molecule has 0 unspecified atom stereocenters. The van der Waals surface area contributed by atoms with Crippen LogP contribution in [0, 0.1) is 5.41 Å². The summed E-state index contributed by atoms with van der Waals surface area (Å²) < 4.78 is 1.38. The Morgan fingerprint density at radius 1 is 1.08 bits per heavy atom. The third kappa shape index (κ3) is 3.98. The Morgan fingerprint density at radius 3 is 2.00 bits per heavy atom. The fourth-order valence-corrected chi connectivity index (χ4v) is 6.16. The molecule has 0 saturated heterocycles. The van der Waals surface area contributed by atoms with Gasteiger partial charge in [0.15, 0.2) is 0 Å². The summed E-state index contributed by atoms with van der Waals surface area (Å²) in [5.74, 6) is 1.50. The van der Waals surface area contributed by atoms with Gasteiger partial charge in [0, 0.05) is 4.43 Å². The van der Waals surface area contributed by atoms with Gasteiger partial charge in [-0.1, -0.05) is 41.9 Å². The molecular weight excluding hydrogens is 291 g/mol. The number of halogens is 1. The Bertz CT molecular complexity index is 154. The molecule has 1 aliphatic carbocycles. The standard InChI is InChI=1S/C11H23IS/c1-13(2,3)10-11(9-12)7-5-4-6-8-11/h4-10H2,1-3H3. The molecule has 0 aromatic carbocycles.